The van der Waals surface area contributed by atoms with Crippen LogP contribution < -0.4 is 5.32 Å². The van der Waals surface area contributed by atoms with Crippen LogP contribution in [0, 0.1) is 10.7 Å². The van der Waals surface area contributed by atoms with Crippen molar-refractivity contribution in [3.05, 3.63) is 47.0 Å². The lowest BCUT2D eigenvalue weighted by molar-refractivity contribution is 0.0891. The first-order valence-corrected chi connectivity index (χ1v) is 12.7. The molecule has 7 nitrogen and oxygen atoms in total. The topological polar surface area (TPSA) is 109 Å². The number of amides is 1. The van der Waals surface area contributed by atoms with Crippen molar-refractivity contribution in [3.8, 4) is 0 Å². The minimum Gasteiger partial charge on any atom is -0.441 e. The molecule has 5 rings (SSSR count). The molecule has 164 valence electrons. The van der Waals surface area contributed by atoms with E-state index in [2.05, 4.69) is 10.3 Å². The number of benzene rings is 1. The van der Waals surface area contributed by atoms with Crippen LogP contribution in [0.4, 0.5) is 0 Å². The highest BCUT2D eigenvalue weighted by Crippen LogP contribution is 2.35. The molecule has 2 aliphatic rings. The van der Waals surface area contributed by atoms with Crippen LogP contribution in [-0.4, -0.2) is 26.9 Å². The first kappa shape index (κ1) is 20.6. The molecule has 0 radical (unpaired) electrons. The van der Waals surface area contributed by atoms with Gasteiger partial charge in [0.15, 0.2) is 22.3 Å². The Kier molecular flexibility index (Phi) is 5.30. The molecule has 0 aliphatic heterocycles. The van der Waals surface area contributed by atoms with Crippen LogP contribution in [0.2, 0.25) is 5.02 Å². The Labute approximate surface area is 185 Å². The Hall–Kier alpha value is -2.32. The van der Waals surface area contributed by atoms with E-state index in [1.54, 1.807) is 12.1 Å². The van der Waals surface area contributed by atoms with Gasteiger partial charge < -0.3 is 14.2 Å². The smallest absolute Gasteiger partial charge is 0.287 e. The summed E-state index contributed by atoms with van der Waals surface area (Å²) in [5, 5.41) is 3.74. The summed E-state index contributed by atoms with van der Waals surface area (Å²) < 4.78 is 32.0. The summed E-state index contributed by atoms with van der Waals surface area (Å²) in [7, 11) is -2.97. The van der Waals surface area contributed by atoms with Crippen LogP contribution in [0.15, 0.2) is 44.3 Å². The van der Waals surface area contributed by atoms with Gasteiger partial charge in [-0.2, -0.15) is 0 Å². The molecule has 0 unspecified atom stereocenters. The quantitative estimate of drug-likeness (QED) is 0.514. The van der Waals surface area contributed by atoms with Crippen molar-refractivity contribution in [1.82, 2.24) is 10.3 Å². The van der Waals surface area contributed by atoms with E-state index in [0.717, 1.165) is 55.5 Å². The van der Waals surface area contributed by atoms with Crippen LogP contribution in [0.5, 0.6) is 0 Å². The Balaban J connectivity index is 1.18. The Morgan fingerprint density at radius 1 is 1.13 bits per heavy atom. The Morgan fingerprint density at radius 2 is 1.90 bits per heavy atom. The molecule has 1 aromatic carbocycles. The van der Waals surface area contributed by atoms with Crippen LogP contribution in [0.3, 0.4) is 0 Å². The van der Waals surface area contributed by atoms with Crippen LogP contribution in [0.1, 0.15) is 60.9 Å². The lowest BCUT2D eigenvalue weighted by atomic mass is 9.86. The summed E-state index contributed by atoms with van der Waals surface area (Å²) in [6, 6.07) is 8.47. The van der Waals surface area contributed by atoms with Gasteiger partial charge in [0.05, 0.1) is 0 Å². The molecule has 2 fully saturated rings. The average Bonchev–Trinajstić information content (AvgIpc) is 3.24. The molecule has 1 atom stereocenters. The van der Waals surface area contributed by atoms with Gasteiger partial charge in [0.1, 0.15) is 15.2 Å². The maximum atomic E-state index is 12.6. The molecular formula is C22H24ClN3O4S. The third-order valence-corrected chi connectivity index (χ3v) is 8.12. The molecule has 1 amide bonds. The van der Waals surface area contributed by atoms with Crippen molar-refractivity contribution in [2.45, 2.75) is 55.6 Å². The fraction of sp³-hybridized carbons (Fsp3) is 0.455. The van der Waals surface area contributed by atoms with Crippen LogP contribution >= 0.6 is 11.6 Å². The molecule has 0 saturated heterocycles. The second kappa shape index (κ2) is 7.98. The molecule has 31 heavy (non-hydrogen) atoms. The van der Waals surface area contributed by atoms with Gasteiger partial charge in [0.2, 0.25) is 0 Å². The van der Waals surface area contributed by atoms with Gasteiger partial charge in [-0.15, -0.1) is 0 Å². The third kappa shape index (κ3) is 4.50. The largest absolute Gasteiger partial charge is 0.441 e. The SMILES string of the molecule is N=[S@](=O)(CC1CC1)c1ccc(C(=O)N[C@H]2CC[C@H](c3nc4cc(Cl)ccc4o3)CC2)o1. The fourth-order valence-corrected chi connectivity index (χ4v) is 5.99. The van der Waals surface area contributed by atoms with Gasteiger partial charge in [-0.25, -0.2) is 14.0 Å². The zero-order valence-electron chi connectivity index (χ0n) is 16.9. The summed E-state index contributed by atoms with van der Waals surface area (Å²) in [5.74, 6) is 1.38. The average molecular weight is 462 g/mol. The molecule has 2 aliphatic carbocycles. The number of nitrogens with zero attached hydrogens (tertiary/aromatic N) is 1. The van der Waals surface area contributed by atoms with Crippen LogP contribution in [0.25, 0.3) is 11.1 Å². The monoisotopic (exact) mass is 461 g/mol. The number of fused-ring (bicyclic) bond motifs is 1. The van der Waals surface area contributed by atoms with Crippen molar-refractivity contribution < 1.29 is 17.8 Å². The number of carbonyl (C=O) groups is 1. The Bertz CT molecular complexity index is 1220. The van der Waals surface area contributed by atoms with Crippen molar-refractivity contribution in [3.63, 3.8) is 0 Å². The lowest BCUT2D eigenvalue weighted by Gasteiger charge is -2.27. The highest BCUT2D eigenvalue weighted by Gasteiger charge is 2.30. The van der Waals surface area contributed by atoms with Gasteiger partial charge in [-0.1, -0.05) is 11.6 Å². The van der Waals surface area contributed by atoms with E-state index in [4.69, 9.17) is 25.2 Å². The molecular weight excluding hydrogens is 438 g/mol. The van der Waals surface area contributed by atoms with Crippen LogP contribution in [-0.2, 0) is 9.73 Å². The number of oxazole rings is 1. The second-order valence-corrected chi connectivity index (χ2v) is 11.1. The van der Waals surface area contributed by atoms with E-state index in [1.165, 1.54) is 12.1 Å². The van der Waals surface area contributed by atoms with Crippen molar-refractivity contribution >= 4 is 38.3 Å². The van der Waals surface area contributed by atoms with Gasteiger partial charge in [-0.3, -0.25) is 4.79 Å². The predicted molar refractivity (Wildman–Crippen MR) is 117 cm³/mol. The van der Waals surface area contributed by atoms with Crippen molar-refractivity contribution in [2.24, 2.45) is 5.92 Å². The molecule has 2 N–H and O–H groups in total. The van der Waals surface area contributed by atoms with Crippen molar-refractivity contribution in [2.75, 3.05) is 5.75 Å². The van der Waals surface area contributed by atoms with Gasteiger partial charge in [-0.05, 0) is 74.8 Å². The maximum absolute atomic E-state index is 12.6. The summed E-state index contributed by atoms with van der Waals surface area (Å²) in [6.07, 6.45) is 5.36. The molecule has 2 aromatic heterocycles. The van der Waals surface area contributed by atoms with Crippen molar-refractivity contribution in [1.29, 1.82) is 4.78 Å². The summed E-state index contributed by atoms with van der Waals surface area (Å²) in [5.41, 5.74) is 1.50. The number of hydrogen-bond donors (Lipinski definition) is 2. The molecule has 0 bridgehead atoms. The third-order valence-electron chi connectivity index (χ3n) is 6.08. The predicted octanol–water partition coefficient (Wildman–Crippen LogP) is 5.35. The zero-order chi connectivity index (χ0) is 21.6. The molecule has 3 aromatic rings. The fourth-order valence-electron chi connectivity index (χ4n) is 4.15. The number of hydrogen-bond acceptors (Lipinski definition) is 6. The summed E-state index contributed by atoms with van der Waals surface area (Å²) >= 11 is 6.03. The lowest BCUT2D eigenvalue weighted by Crippen LogP contribution is -2.37. The highest BCUT2D eigenvalue weighted by molar-refractivity contribution is 7.92. The van der Waals surface area contributed by atoms with E-state index in [9.17, 15) is 9.00 Å². The van der Waals surface area contributed by atoms with E-state index in [0.29, 0.717) is 16.7 Å². The second-order valence-electron chi connectivity index (χ2n) is 8.59. The number of aromatic nitrogens is 1. The molecule has 9 heteroatoms. The Morgan fingerprint density at radius 3 is 2.65 bits per heavy atom. The normalized spacial score (nSPS) is 23.5. The standard InChI is InChI=1S/C22H24ClN3O4S/c23-15-5-8-18-17(11-15)26-22(30-18)14-3-6-16(7-4-14)25-21(27)19-9-10-20(29-19)31(24,28)12-13-1-2-13/h5,8-11,13-14,16,24H,1-4,6-7,12H2,(H,25,27)/t14-,16-,31-/m0/s1. The highest BCUT2D eigenvalue weighted by atomic mass is 35.5. The summed E-state index contributed by atoms with van der Waals surface area (Å²) in [4.78, 5) is 17.2. The minimum atomic E-state index is -2.97. The number of halogens is 1. The zero-order valence-corrected chi connectivity index (χ0v) is 18.5. The molecule has 2 saturated carbocycles. The molecule has 2 heterocycles. The van der Waals surface area contributed by atoms with Gasteiger partial charge >= 0.3 is 0 Å². The number of furan rings is 1. The van der Waals surface area contributed by atoms with E-state index < -0.39 is 9.73 Å². The van der Waals surface area contributed by atoms with Gasteiger partial charge in [0, 0.05) is 22.7 Å². The molecule has 0 spiro atoms. The first-order valence-electron chi connectivity index (χ1n) is 10.6. The minimum absolute atomic E-state index is 0.0305. The number of nitrogens with one attached hydrogen (secondary N) is 2. The summed E-state index contributed by atoms with van der Waals surface area (Å²) in [6.45, 7) is 0. The number of carbonyl (C=O) groups excluding carboxylic acids is 1. The van der Waals surface area contributed by atoms with E-state index >= 15 is 0 Å². The van der Waals surface area contributed by atoms with E-state index in [1.807, 2.05) is 6.07 Å². The van der Waals surface area contributed by atoms with E-state index in [-0.39, 0.29) is 28.7 Å². The van der Waals surface area contributed by atoms with Gasteiger partial charge in [0.25, 0.3) is 5.91 Å². The number of rotatable bonds is 6. The maximum Gasteiger partial charge on any atom is 0.287 e. The first-order chi connectivity index (χ1) is 14.9.